The molecular formula is C73H54N6. The number of aromatic nitrogens is 4. The molecule has 0 aliphatic carbocycles. The molecule has 6 nitrogen and oxygen atoms in total. The molecule has 4 aromatic heterocycles. The van der Waals surface area contributed by atoms with Crippen molar-refractivity contribution in [3.8, 4) is 22.7 Å². The van der Waals surface area contributed by atoms with Gasteiger partial charge in [0.05, 0.1) is 55.9 Å². The van der Waals surface area contributed by atoms with Crippen LogP contribution in [0.25, 0.3) is 116 Å². The fraction of sp³-hybridized carbons (Fsp3) is 0.0685. The highest BCUT2D eigenvalue weighted by molar-refractivity contribution is 6.29. The molecule has 0 radical (unpaired) electrons. The second-order valence-corrected chi connectivity index (χ2v) is 21.6. The largest absolute Gasteiger partial charge is 0.363 e. The number of aryl methyl sites for hydroxylation is 1. The topological polar surface area (TPSA) is 35.0 Å². The summed E-state index contributed by atoms with van der Waals surface area (Å²) in [6, 6.07) is 93.7. The van der Waals surface area contributed by atoms with E-state index in [9.17, 15) is 0 Å². The Morgan fingerprint density at radius 3 is 1.49 bits per heavy atom. The molecular weight excluding hydrogens is 961 g/mol. The van der Waals surface area contributed by atoms with Gasteiger partial charge in [0.1, 0.15) is 5.66 Å². The van der Waals surface area contributed by atoms with E-state index in [-0.39, 0.29) is 6.04 Å². The Balaban J connectivity index is 1.10. The van der Waals surface area contributed by atoms with Crippen LogP contribution in [0.1, 0.15) is 35.2 Å². The summed E-state index contributed by atoms with van der Waals surface area (Å²) in [6.07, 6.45) is 2.47. The monoisotopic (exact) mass is 1010 g/mol. The van der Waals surface area contributed by atoms with E-state index in [2.05, 4.69) is 310 Å². The lowest BCUT2D eigenvalue weighted by Crippen LogP contribution is -2.55. The minimum atomic E-state index is -0.615. The first-order valence-corrected chi connectivity index (χ1v) is 27.5. The predicted octanol–water partition coefficient (Wildman–Crippen LogP) is 17.9. The molecule has 16 rings (SSSR count). The smallest absolute Gasteiger partial charge is 0.115 e. The number of hydrogen-bond acceptors (Lipinski definition) is 2. The van der Waals surface area contributed by atoms with Gasteiger partial charge in [-0.1, -0.05) is 176 Å². The Labute approximate surface area is 457 Å². The van der Waals surface area contributed by atoms with Crippen LogP contribution in [0.5, 0.6) is 0 Å². The van der Waals surface area contributed by atoms with E-state index in [0.29, 0.717) is 0 Å². The second-order valence-electron chi connectivity index (χ2n) is 21.6. The molecule has 0 saturated carbocycles. The van der Waals surface area contributed by atoms with Gasteiger partial charge in [0.2, 0.25) is 0 Å². The second kappa shape index (κ2) is 17.3. The molecule has 376 valence electrons. The third kappa shape index (κ3) is 6.56. The zero-order valence-electron chi connectivity index (χ0n) is 44.1. The van der Waals surface area contributed by atoms with Gasteiger partial charge in [0.15, 0.2) is 0 Å². The molecule has 79 heavy (non-hydrogen) atoms. The number of likely N-dealkylation sites (N-methyl/N-ethyl adjacent to an activating group) is 1. The summed E-state index contributed by atoms with van der Waals surface area (Å²) >= 11 is 0. The van der Waals surface area contributed by atoms with Crippen LogP contribution in [-0.4, -0.2) is 30.2 Å². The van der Waals surface area contributed by atoms with Crippen LogP contribution in [0.15, 0.2) is 261 Å². The van der Waals surface area contributed by atoms with Crippen molar-refractivity contribution in [3.05, 3.63) is 283 Å². The average Bonchev–Trinajstić information content (AvgIpc) is 4.44. The molecule has 2 unspecified atom stereocenters. The van der Waals surface area contributed by atoms with Gasteiger partial charge in [-0.25, -0.2) is 0 Å². The highest BCUT2D eigenvalue weighted by Gasteiger charge is 2.41. The number of hydrogen-bond donors (Lipinski definition) is 1. The SMILES string of the molecule is Cc1cc2c(c3ccccc3n2-c2ccccc2)c2c1c1cc(-n3c4ccccc4c4c3ccc3c5ccccc5n(-c5ccccc5)c34)c(C3=CC(c4ccccc4)N(C)C(C)(c4ccccc4)N3)cc1n2-c1ccccc1. The first-order valence-electron chi connectivity index (χ1n) is 27.5. The molecule has 0 amide bonds. The normalized spacial score (nSPS) is 16.1. The van der Waals surface area contributed by atoms with Gasteiger partial charge in [-0.2, -0.15) is 0 Å². The summed E-state index contributed by atoms with van der Waals surface area (Å²) in [4.78, 5) is 2.49. The van der Waals surface area contributed by atoms with Gasteiger partial charge >= 0.3 is 0 Å². The molecule has 0 fully saturated rings. The van der Waals surface area contributed by atoms with E-state index >= 15 is 0 Å². The summed E-state index contributed by atoms with van der Waals surface area (Å²) in [5.41, 5.74) is 19.1. The number of nitrogens with one attached hydrogen (secondary N) is 1. The maximum Gasteiger partial charge on any atom is 0.115 e. The Morgan fingerprint density at radius 1 is 0.380 bits per heavy atom. The quantitative estimate of drug-likeness (QED) is 0.173. The highest BCUT2D eigenvalue weighted by atomic mass is 15.3. The van der Waals surface area contributed by atoms with E-state index in [1.54, 1.807) is 0 Å². The maximum atomic E-state index is 4.29. The summed E-state index contributed by atoms with van der Waals surface area (Å²) in [5, 5.41) is 14.1. The molecule has 5 heterocycles. The lowest BCUT2D eigenvalue weighted by Gasteiger charge is -2.48. The van der Waals surface area contributed by atoms with Gasteiger partial charge in [-0.15, -0.1) is 0 Å². The van der Waals surface area contributed by atoms with Crippen molar-refractivity contribution in [1.29, 1.82) is 0 Å². The first-order chi connectivity index (χ1) is 38.9. The van der Waals surface area contributed by atoms with Crippen LogP contribution in [-0.2, 0) is 5.66 Å². The van der Waals surface area contributed by atoms with E-state index in [1.807, 2.05) is 0 Å². The average molecular weight is 1020 g/mol. The van der Waals surface area contributed by atoms with Gasteiger partial charge in [0, 0.05) is 71.4 Å². The first kappa shape index (κ1) is 45.3. The van der Waals surface area contributed by atoms with Gasteiger partial charge < -0.3 is 23.6 Å². The molecule has 0 saturated heterocycles. The molecule has 1 N–H and O–H groups in total. The molecule has 0 bridgehead atoms. The van der Waals surface area contributed by atoms with Crippen molar-refractivity contribution in [2.75, 3.05) is 7.05 Å². The van der Waals surface area contributed by atoms with Gasteiger partial charge in [0.25, 0.3) is 0 Å². The summed E-state index contributed by atoms with van der Waals surface area (Å²) < 4.78 is 10.1. The fourth-order valence-corrected chi connectivity index (χ4v) is 13.7. The van der Waals surface area contributed by atoms with Crippen LogP contribution in [0.2, 0.25) is 0 Å². The predicted molar refractivity (Wildman–Crippen MR) is 330 cm³/mol. The Morgan fingerprint density at radius 2 is 0.873 bits per heavy atom. The number of rotatable bonds is 7. The van der Waals surface area contributed by atoms with E-state index in [0.717, 1.165) is 50.6 Å². The molecule has 15 aromatic rings. The van der Waals surface area contributed by atoms with E-state index in [4.69, 9.17) is 0 Å². The minimum Gasteiger partial charge on any atom is -0.363 e. The lowest BCUT2D eigenvalue weighted by molar-refractivity contribution is 0.0770. The summed E-state index contributed by atoms with van der Waals surface area (Å²) in [6.45, 7) is 4.65. The number of fused-ring (bicyclic) bond motifs is 14. The molecule has 2 atom stereocenters. The van der Waals surface area contributed by atoms with Crippen molar-refractivity contribution in [2.45, 2.75) is 25.6 Å². The zero-order valence-corrected chi connectivity index (χ0v) is 44.1. The van der Waals surface area contributed by atoms with Crippen molar-refractivity contribution in [2.24, 2.45) is 0 Å². The van der Waals surface area contributed by atoms with Crippen LogP contribution < -0.4 is 5.32 Å². The standard InChI is InChI=1S/C73H54N6/c1-47-43-67-70(55-36-20-23-39-61(55)76(67)50-29-13-6-14-30-50)72-68(47)58-45-65(79-62-40-24-21-37-56(62)69-63(79)42-41-54-53-35-19-22-38-60(53)77(71(54)69)51-31-15-7-16-32-51)57(44-66(58)78(72)52-33-17-8-18-34-52)59-46-64(48-25-9-4-10-26-48)75(3)73(2,74-59)49-27-11-5-12-28-49/h4-46,64,74H,1-3H3. The molecule has 1 aliphatic rings. The molecule has 11 aromatic carbocycles. The lowest BCUT2D eigenvalue weighted by atomic mass is 9.89. The molecule has 0 spiro atoms. The van der Waals surface area contributed by atoms with E-state index in [1.165, 1.54) is 87.4 Å². The Kier molecular flexibility index (Phi) is 9.94. The number of nitrogens with zero attached hydrogens (tertiary/aromatic N) is 5. The van der Waals surface area contributed by atoms with Crippen LogP contribution in [0.3, 0.4) is 0 Å². The number of para-hydroxylation sites is 6. The van der Waals surface area contributed by atoms with Crippen molar-refractivity contribution in [3.63, 3.8) is 0 Å². The maximum absolute atomic E-state index is 4.29. The highest BCUT2D eigenvalue weighted by Crippen LogP contribution is 2.49. The molecule has 6 heteroatoms. The number of benzene rings is 11. The fourth-order valence-electron chi connectivity index (χ4n) is 13.7. The summed E-state index contributed by atoms with van der Waals surface area (Å²) in [5.74, 6) is 0. The Bertz CT molecular complexity index is 4950. The van der Waals surface area contributed by atoms with Crippen LogP contribution in [0.4, 0.5) is 0 Å². The molecule has 1 aliphatic heterocycles. The van der Waals surface area contributed by atoms with E-state index < -0.39 is 5.66 Å². The zero-order chi connectivity index (χ0) is 52.5. The Hall–Kier alpha value is -9.88. The van der Waals surface area contributed by atoms with Crippen LogP contribution >= 0.6 is 0 Å². The van der Waals surface area contributed by atoms with Crippen molar-refractivity contribution < 1.29 is 0 Å². The van der Waals surface area contributed by atoms with Crippen LogP contribution in [0, 0.1) is 6.92 Å². The summed E-state index contributed by atoms with van der Waals surface area (Å²) in [7, 11) is 2.26. The minimum absolute atomic E-state index is 0.0727. The third-order valence-corrected chi connectivity index (χ3v) is 17.3. The van der Waals surface area contributed by atoms with Gasteiger partial charge in [-0.3, -0.25) is 4.90 Å². The van der Waals surface area contributed by atoms with Crippen molar-refractivity contribution >= 4 is 92.9 Å². The van der Waals surface area contributed by atoms with Crippen molar-refractivity contribution in [1.82, 2.24) is 28.5 Å². The third-order valence-electron chi connectivity index (χ3n) is 17.3. The van der Waals surface area contributed by atoms with Gasteiger partial charge in [-0.05, 0) is 123 Å².